The Kier molecular flexibility index (Phi) is 5.39. The molecule has 2 aromatic rings. The van der Waals surface area contributed by atoms with Crippen LogP contribution in [0.4, 0.5) is 5.82 Å². The summed E-state index contributed by atoms with van der Waals surface area (Å²) in [4.78, 5) is 41.4. The van der Waals surface area contributed by atoms with Crippen LogP contribution in [-0.2, 0) is 18.6 Å². The second-order valence-electron chi connectivity index (χ2n) is 5.72. The molecule has 4 atom stereocenters. The van der Waals surface area contributed by atoms with Crippen molar-refractivity contribution in [3.63, 3.8) is 0 Å². The third-order valence-electron chi connectivity index (χ3n) is 3.96. The first-order chi connectivity index (χ1) is 12.7. The summed E-state index contributed by atoms with van der Waals surface area (Å²) >= 11 is 0. The number of nitrogens with zero attached hydrogens (tertiary/aromatic N) is 4. The molecule has 8 N–H and O–H groups in total. The highest BCUT2D eigenvalue weighted by Gasteiger charge is 2.46. The molecule has 15 heteroatoms. The fourth-order valence-corrected chi connectivity index (χ4v) is 3.11. The quantitative estimate of drug-likeness (QED) is 0.270. The molecule has 1 saturated heterocycles. The molecule has 1 fully saturated rings. The first-order valence-corrected chi connectivity index (χ1v) is 9.20. The topological polar surface area (TPSA) is 221 Å². The fourth-order valence-electron chi connectivity index (χ4n) is 2.76. The number of phosphoric ester groups is 1. The van der Waals surface area contributed by atoms with E-state index in [0.717, 1.165) is 0 Å². The van der Waals surface area contributed by atoms with Crippen LogP contribution in [0.2, 0.25) is 0 Å². The van der Waals surface area contributed by atoms with Gasteiger partial charge in [0.05, 0.1) is 25.5 Å². The third-order valence-corrected chi connectivity index (χ3v) is 4.44. The van der Waals surface area contributed by atoms with Gasteiger partial charge in [-0.15, -0.1) is 0 Å². The predicted octanol–water partition coefficient (Wildman–Crippen LogP) is -2.78. The minimum atomic E-state index is -4.79. The van der Waals surface area contributed by atoms with Gasteiger partial charge in [0.25, 0.3) is 0 Å². The maximum absolute atomic E-state index is 11.7. The number of aliphatic hydroxyl groups excluding tert-OH is 1. The summed E-state index contributed by atoms with van der Waals surface area (Å²) in [5.74, 6) is -0.466. The van der Waals surface area contributed by atoms with Crippen molar-refractivity contribution in [2.24, 2.45) is 5.73 Å². The SMILES string of the molecule is NCC(=O)N[C@H]1[C@@H](O)[C@H](n2cnc3c(N)ncnc32)O[C@@H]1COP(=O)(O)O. The van der Waals surface area contributed by atoms with E-state index in [4.69, 9.17) is 26.0 Å². The van der Waals surface area contributed by atoms with E-state index in [1.54, 1.807) is 0 Å². The number of fused-ring (bicyclic) bond motifs is 1. The largest absolute Gasteiger partial charge is 0.469 e. The van der Waals surface area contributed by atoms with Crippen molar-refractivity contribution in [3.05, 3.63) is 12.7 Å². The Hall–Kier alpha value is -2.19. The van der Waals surface area contributed by atoms with E-state index in [1.807, 2.05) is 0 Å². The number of anilines is 1. The van der Waals surface area contributed by atoms with Gasteiger partial charge in [-0.25, -0.2) is 19.5 Å². The van der Waals surface area contributed by atoms with E-state index in [0.29, 0.717) is 0 Å². The smallest absolute Gasteiger partial charge is 0.386 e. The van der Waals surface area contributed by atoms with Gasteiger partial charge >= 0.3 is 7.82 Å². The van der Waals surface area contributed by atoms with Crippen molar-refractivity contribution in [1.29, 1.82) is 0 Å². The van der Waals surface area contributed by atoms with Gasteiger partial charge in [0.15, 0.2) is 17.7 Å². The number of aromatic nitrogens is 4. The highest BCUT2D eigenvalue weighted by Crippen LogP contribution is 2.38. The summed E-state index contributed by atoms with van der Waals surface area (Å²) in [6.07, 6.45) is -0.960. The van der Waals surface area contributed by atoms with Gasteiger partial charge in [0.2, 0.25) is 5.91 Å². The molecule has 1 amide bonds. The lowest BCUT2D eigenvalue weighted by atomic mass is 10.1. The van der Waals surface area contributed by atoms with Crippen LogP contribution in [0.25, 0.3) is 11.2 Å². The lowest BCUT2D eigenvalue weighted by molar-refractivity contribution is -0.121. The van der Waals surface area contributed by atoms with E-state index in [2.05, 4.69) is 24.8 Å². The number of carbonyl (C=O) groups excluding carboxylic acids is 1. The molecule has 3 rings (SSSR count). The molecule has 1 aliphatic rings. The minimum absolute atomic E-state index is 0.126. The van der Waals surface area contributed by atoms with Crippen LogP contribution in [0.15, 0.2) is 12.7 Å². The van der Waals surface area contributed by atoms with Crippen molar-refractivity contribution in [1.82, 2.24) is 24.8 Å². The number of rotatable bonds is 6. The average Bonchev–Trinajstić information content (AvgIpc) is 3.15. The van der Waals surface area contributed by atoms with E-state index < -0.39 is 44.8 Å². The van der Waals surface area contributed by atoms with Crippen molar-refractivity contribution in [3.8, 4) is 0 Å². The number of ether oxygens (including phenoxy) is 1. The fraction of sp³-hybridized carbons (Fsp3) is 0.500. The Morgan fingerprint density at radius 2 is 2.15 bits per heavy atom. The minimum Gasteiger partial charge on any atom is -0.386 e. The molecule has 27 heavy (non-hydrogen) atoms. The van der Waals surface area contributed by atoms with Gasteiger partial charge in [-0.05, 0) is 0 Å². The number of amides is 1. The third kappa shape index (κ3) is 4.06. The zero-order valence-electron chi connectivity index (χ0n) is 13.7. The second kappa shape index (κ2) is 7.44. The molecule has 14 nitrogen and oxygen atoms in total. The Balaban J connectivity index is 1.90. The Morgan fingerprint density at radius 1 is 1.41 bits per heavy atom. The van der Waals surface area contributed by atoms with E-state index in [1.165, 1.54) is 17.2 Å². The number of nitrogen functional groups attached to an aromatic ring is 1. The maximum atomic E-state index is 11.7. The molecule has 2 aromatic heterocycles. The Bertz CT molecular complexity index is 886. The lowest BCUT2D eigenvalue weighted by Gasteiger charge is -2.21. The van der Waals surface area contributed by atoms with Crippen LogP contribution in [0.1, 0.15) is 6.23 Å². The molecule has 0 radical (unpaired) electrons. The van der Waals surface area contributed by atoms with Gasteiger partial charge in [-0.2, -0.15) is 0 Å². The monoisotopic (exact) mass is 403 g/mol. The summed E-state index contributed by atoms with van der Waals surface area (Å²) in [6, 6.07) is -1.05. The molecule has 0 bridgehead atoms. The molecule has 0 aromatic carbocycles. The summed E-state index contributed by atoms with van der Waals surface area (Å²) in [5, 5.41) is 13.1. The first-order valence-electron chi connectivity index (χ1n) is 7.67. The molecule has 3 heterocycles. The molecular formula is C12H18N7O7P. The zero-order chi connectivity index (χ0) is 19.8. The summed E-state index contributed by atoms with van der Waals surface area (Å²) in [7, 11) is -4.79. The molecular weight excluding hydrogens is 385 g/mol. The highest BCUT2D eigenvalue weighted by molar-refractivity contribution is 7.46. The van der Waals surface area contributed by atoms with E-state index in [-0.39, 0.29) is 23.5 Å². The normalized spacial score (nSPS) is 25.8. The van der Waals surface area contributed by atoms with Crippen LogP contribution < -0.4 is 16.8 Å². The molecule has 148 valence electrons. The number of hydrogen-bond acceptors (Lipinski definition) is 10. The number of aliphatic hydroxyl groups is 1. The van der Waals surface area contributed by atoms with E-state index >= 15 is 0 Å². The number of phosphoric acid groups is 1. The van der Waals surface area contributed by atoms with Crippen LogP contribution in [0.5, 0.6) is 0 Å². The summed E-state index contributed by atoms with van der Waals surface area (Å²) < 4.78 is 22.5. The Labute approximate surface area is 151 Å². The average molecular weight is 403 g/mol. The number of imidazole rings is 1. The molecule has 0 saturated carbocycles. The van der Waals surface area contributed by atoms with Crippen LogP contribution >= 0.6 is 7.82 Å². The van der Waals surface area contributed by atoms with Gasteiger partial charge in [-0.3, -0.25) is 13.9 Å². The van der Waals surface area contributed by atoms with Gasteiger partial charge in [0.1, 0.15) is 24.1 Å². The number of carbonyl (C=O) groups is 1. The highest BCUT2D eigenvalue weighted by atomic mass is 31.2. The second-order valence-corrected chi connectivity index (χ2v) is 6.96. The van der Waals surface area contributed by atoms with Crippen molar-refractivity contribution >= 4 is 30.7 Å². The van der Waals surface area contributed by atoms with Gasteiger partial charge in [-0.1, -0.05) is 0 Å². The zero-order valence-corrected chi connectivity index (χ0v) is 14.6. The summed E-state index contributed by atoms with van der Waals surface area (Å²) in [6.45, 7) is -0.936. The summed E-state index contributed by atoms with van der Waals surface area (Å²) in [5.41, 5.74) is 11.6. The number of nitrogens with two attached hydrogens (primary N) is 2. The van der Waals surface area contributed by atoms with Crippen LogP contribution in [0, 0.1) is 0 Å². The Morgan fingerprint density at radius 3 is 2.81 bits per heavy atom. The first kappa shape index (κ1) is 19.6. The molecule has 0 unspecified atom stereocenters. The van der Waals surface area contributed by atoms with Crippen molar-refractivity contribution < 1.29 is 33.5 Å². The van der Waals surface area contributed by atoms with Crippen molar-refractivity contribution in [2.75, 3.05) is 18.9 Å². The van der Waals surface area contributed by atoms with Gasteiger partial charge in [0, 0.05) is 0 Å². The molecule has 0 aliphatic carbocycles. The number of hydrogen-bond donors (Lipinski definition) is 6. The lowest BCUT2D eigenvalue weighted by Crippen LogP contribution is -2.50. The van der Waals surface area contributed by atoms with Gasteiger partial charge < -0.3 is 36.4 Å². The molecule has 0 spiro atoms. The van der Waals surface area contributed by atoms with Crippen molar-refractivity contribution in [2.45, 2.75) is 24.5 Å². The van der Waals surface area contributed by atoms with Crippen LogP contribution in [0.3, 0.4) is 0 Å². The molecule has 1 aliphatic heterocycles. The predicted molar refractivity (Wildman–Crippen MR) is 88.6 cm³/mol. The maximum Gasteiger partial charge on any atom is 0.469 e. The van der Waals surface area contributed by atoms with Crippen LogP contribution in [-0.4, -0.2) is 71.7 Å². The number of nitrogens with one attached hydrogen (secondary N) is 1. The standard InChI is InChI=1S/C12H18N7O7P/c13-1-6(20)18-7-5(2-25-27(22,23)24)26-12(9(7)21)19-4-17-8-10(14)15-3-16-11(8)19/h3-5,7,9,12,21H,1-2,13H2,(H,18,20)(H2,14,15,16)(H2,22,23,24)/t5-,7-,9-,12-/m1/s1. The van der Waals surface area contributed by atoms with E-state index in [9.17, 15) is 14.5 Å².